The summed E-state index contributed by atoms with van der Waals surface area (Å²) in [5.74, 6) is -0.447. The number of nitro benzene ring substituents is 1. The number of amides is 3. The van der Waals surface area contributed by atoms with E-state index < -0.39 is 4.92 Å². The molecule has 0 saturated heterocycles. The molecule has 3 rings (SSSR count). The molecule has 2 aromatic rings. The van der Waals surface area contributed by atoms with Gasteiger partial charge in [0.05, 0.1) is 21.8 Å². The fourth-order valence-electron chi connectivity index (χ4n) is 2.66. The molecule has 0 atom stereocenters. The van der Waals surface area contributed by atoms with Crippen LogP contribution in [0, 0.1) is 10.1 Å². The molecule has 138 valence electrons. The molecule has 0 unspecified atom stereocenters. The molecule has 0 fully saturated rings. The lowest BCUT2D eigenvalue weighted by Crippen LogP contribution is -2.32. The molecule has 0 radical (unpaired) electrons. The van der Waals surface area contributed by atoms with E-state index in [1.807, 2.05) is 0 Å². The fraction of sp³-hybridized carbons (Fsp3) is 0.167. The molecule has 0 bridgehead atoms. The second-order valence-corrected chi connectivity index (χ2v) is 6.82. The Kier molecular flexibility index (Phi) is 5.51. The predicted octanol–water partition coefficient (Wildman–Crippen LogP) is 2.56. The van der Waals surface area contributed by atoms with Crippen LogP contribution in [-0.2, 0) is 4.79 Å². The zero-order valence-electron chi connectivity index (χ0n) is 14.1. The van der Waals surface area contributed by atoms with Crippen molar-refractivity contribution in [1.82, 2.24) is 4.90 Å². The summed E-state index contributed by atoms with van der Waals surface area (Å²) in [7, 11) is 0. The minimum Gasteiger partial charge on any atom is -0.325 e. The van der Waals surface area contributed by atoms with Gasteiger partial charge in [0, 0.05) is 30.1 Å². The van der Waals surface area contributed by atoms with E-state index in [1.165, 1.54) is 34.9 Å². The number of hydrogen-bond acceptors (Lipinski definition) is 6. The largest absolute Gasteiger partial charge is 0.325 e. The minimum absolute atomic E-state index is 0.103. The van der Waals surface area contributed by atoms with Crippen molar-refractivity contribution in [2.45, 2.75) is 0 Å². The highest BCUT2D eigenvalue weighted by Gasteiger charge is 2.34. The molecule has 0 aromatic heterocycles. The minimum atomic E-state index is -0.535. The summed E-state index contributed by atoms with van der Waals surface area (Å²) in [5, 5.41) is 13.3. The zero-order valence-corrected chi connectivity index (χ0v) is 14.9. The van der Waals surface area contributed by atoms with Crippen molar-refractivity contribution >= 4 is 40.9 Å². The molecule has 0 spiro atoms. The summed E-state index contributed by atoms with van der Waals surface area (Å²) in [4.78, 5) is 47.8. The lowest BCUT2D eigenvalue weighted by atomic mass is 10.1. The van der Waals surface area contributed by atoms with Gasteiger partial charge >= 0.3 is 0 Å². The highest BCUT2D eigenvalue weighted by Crippen LogP contribution is 2.22. The molecule has 0 saturated carbocycles. The Bertz CT molecular complexity index is 896. The monoisotopic (exact) mass is 385 g/mol. The average molecular weight is 385 g/mol. The lowest BCUT2D eigenvalue weighted by Gasteiger charge is -2.13. The molecule has 1 N–H and O–H groups in total. The number of rotatable bonds is 7. The third-order valence-electron chi connectivity index (χ3n) is 3.91. The molecule has 3 amide bonds. The van der Waals surface area contributed by atoms with Gasteiger partial charge in [0.1, 0.15) is 0 Å². The van der Waals surface area contributed by atoms with Crippen LogP contribution in [0.2, 0.25) is 0 Å². The summed E-state index contributed by atoms with van der Waals surface area (Å²) in [6.07, 6.45) is 0. The van der Waals surface area contributed by atoms with E-state index in [-0.39, 0.29) is 35.7 Å². The van der Waals surface area contributed by atoms with E-state index in [9.17, 15) is 24.5 Å². The number of carbonyl (C=O) groups excluding carboxylic acids is 3. The maximum Gasteiger partial charge on any atom is 0.271 e. The van der Waals surface area contributed by atoms with Crippen molar-refractivity contribution in [2.24, 2.45) is 0 Å². The van der Waals surface area contributed by atoms with Gasteiger partial charge in [-0.2, -0.15) is 11.8 Å². The first-order chi connectivity index (χ1) is 13.0. The van der Waals surface area contributed by atoms with Gasteiger partial charge in [0.25, 0.3) is 17.5 Å². The number of thioether (sulfide) groups is 1. The standard InChI is InChI=1S/C18H15N3O5S/c22-16(19-12-4-3-5-13(10-12)21(25)26)11-27-9-8-20-17(23)14-6-1-2-7-15(14)18(20)24/h1-7,10H,8-9,11H2,(H,19,22). The van der Waals surface area contributed by atoms with E-state index in [4.69, 9.17) is 0 Å². The van der Waals surface area contributed by atoms with E-state index in [2.05, 4.69) is 5.32 Å². The molecular formula is C18H15N3O5S. The Morgan fingerprint density at radius 1 is 1.07 bits per heavy atom. The predicted molar refractivity (Wildman–Crippen MR) is 101 cm³/mol. The third-order valence-corrected chi connectivity index (χ3v) is 4.85. The van der Waals surface area contributed by atoms with Gasteiger partial charge in [-0.3, -0.25) is 29.4 Å². The number of fused-ring (bicyclic) bond motifs is 1. The summed E-state index contributed by atoms with van der Waals surface area (Å²) in [6.45, 7) is 0.209. The Morgan fingerprint density at radius 3 is 2.37 bits per heavy atom. The molecule has 9 heteroatoms. The van der Waals surface area contributed by atoms with E-state index in [1.54, 1.807) is 30.3 Å². The normalized spacial score (nSPS) is 12.8. The van der Waals surface area contributed by atoms with Crippen LogP contribution in [-0.4, -0.2) is 45.6 Å². The number of nitro groups is 1. The van der Waals surface area contributed by atoms with E-state index in [0.29, 0.717) is 22.6 Å². The van der Waals surface area contributed by atoms with Crippen LogP contribution < -0.4 is 5.32 Å². The number of nitrogens with one attached hydrogen (secondary N) is 1. The number of benzene rings is 2. The molecule has 1 heterocycles. The quantitative estimate of drug-likeness (QED) is 0.339. The highest BCUT2D eigenvalue weighted by atomic mass is 32.2. The first kappa shape index (κ1) is 18.6. The van der Waals surface area contributed by atoms with Crippen LogP contribution in [0.1, 0.15) is 20.7 Å². The topological polar surface area (TPSA) is 110 Å². The summed E-state index contributed by atoms with van der Waals surface area (Å²) < 4.78 is 0. The van der Waals surface area contributed by atoms with Crippen molar-refractivity contribution in [1.29, 1.82) is 0 Å². The smallest absolute Gasteiger partial charge is 0.271 e. The number of carbonyl (C=O) groups is 3. The van der Waals surface area contributed by atoms with E-state index in [0.717, 1.165) is 0 Å². The first-order valence-corrected chi connectivity index (χ1v) is 9.20. The SMILES string of the molecule is O=C(CSCCN1C(=O)c2ccccc2C1=O)Nc1cccc([N+](=O)[O-])c1. The second kappa shape index (κ2) is 8.00. The number of anilines is 1. The Labute approximate surface area is 158 Å². The zero-order chi connectivity index (χ0) is 19.4. The molecule has 1 aliphatic heterocycles. The van der Waals surface area contributed by atoms with Gasteiger partial charge in [0.2, 0.25) is 5.91 Å². The van der Waals surface area contributed by atoms with Crippen molar-refractivity contribution in [2.75, 3.05) is 23.4 Å². The molecular weight excluding hydrogens is 370 g/mol. The Morgan fingerprint density at radius 2 is 1.74 bits per heavy atom. The van der Waals surface area contributed by atoms with Gasteiger partial charge in [-0.1, -0.05) is 18.2 Å². The van der Waals surface area contributed by atoms with Gasteiger partial charge in [-0.05, 0) is 18.2 Å². The van der Waals surface area contributed by atoms with Crippen molar-refractivity contribution in [3.63, 3.8) is 0 Å². The van der Waals surface area contributed by atoms with Gasteiger partial charge in [-0.15, -0.1) is 0 Å². The second-order valence-electron chi connectivity index (χ2n) is 5.72. The average Bonchev–Trinajstić information content (AvgIpc) is 2.90. The van der Waals surface area contributed by atoms with E-state index >= 15 is 0 Å². The van der Waals surface area contributed by atoms with Crippen LogP contribution in [0.3, 0.4) is 0 Å². The molecule has 0 aliphatic carbocycles. The van der Waals surface area contributed by atoms with Crippen molar-refractivity contribution < 1.29 is 19.3 Å². The van der Waals surface area contributed by atoms with Crippen molar-refractivity contribution in [3.8, 4) is 0 Å². The number of non-ortho nitro benzene ring substituents is 1. The maximum atomic E-state index is 12.2. The van der Waals surface area contributed by atoms with Crippen LogP contribution in [0.15, 0.2) is 48.5 Å². The number of imide groups is 1. The summed E-state index contributed by atoms with van der Waals surface area (Å²) in [6, 6.07) is 12.3. The maximum absolute atomic E-state index is 12.2. The van der Waals surface area contributed by atoms with Gasteiger partial charge in [0.15, 0.2) is 0 Å². The van der Waals surface area contributed by atoms with Crippen LogP contribution in [0.5, 0.6) is 0 Å². The summed E-state index contributed by atoms with van der Waals surface area (Å²) >= 11 is 1.27. The fourth-order valence-corrected chi connectivity index (χ4v) is 3.37. The molecule has 27 heavy (non-hydrogen) atoms. The first-order valence-electron chi connectivity index (χ1n) is 8.04. The molecule has 8 nitrogen and oxygen atoms in total. The third kappa shape index (κ3) is 4.14. The van der Waals surface area contributed by atoms with Crippen LogP contribution in [0.4, 0.5) is 11.4 Å². The van der Waals surface area contributed by atoms with Gasteiger partial charge in [-0.25, -0.2) is 0 Å². The Hall–Kier alpha value is -3.20. The van der Waals surface area contributed by atoms with Crippen LogP contribution >= 0.6 is 11.8 Å². The van der Waals surface area contributed by atoms with Crippen molar-refractivity contribution in [3.05, 3.63) is 69.8 Å². The lowest BCUT2D eigenvalue weighted by molar-refractivity contribution is -0.384. The number of hydrogen-bond donors (Lipinski definition) is 1. The molecule has 2 aromatic carbocycles. The van der Waals surface area contributed by atoms with Crippen LogP contribution in [0.25, 0.3) is 0 Å². The number of nitrogens with zero attached hydrogens (tertiary/aromatic N) is 2. The highest BCUT2D eigenvalue weighted by molar-refractivity contribution is 7.99. The Balaban J connectivity index is 1.46. The summed E-state index contributed by atoms with van der Waals surface area (Å²) in [5.41, 5.74) is 1.04. The van der Waals surface area contributed by atoms with Gasteiger partial charge < -0.3 is 5.32 Å². The molecule has 1 aliphatic rings.